The van der Waals surface area contributed by atoms with Gasteiger partial charge in [0, 0.05) is 30.9 Å². The van der Waals surface area contributed by atoms with Crippen molar-refractivity contribution in [1.29, 1.82) is 0 Å². The van der Waals surface area contributed by atoms with Gasteiger partial charge in [-0.2, -0.15) is 0 Å². The zero-order chi connectivity index (χ0) is 12.5. The number of hydrogen-bond donors (Lipinski definition) is 2. The van der Waals surface area contributed by atoms with Crippen LogP contribution < -0.4 is 11.1 Å². The number of nitrogens with two attached hydrogens (primary N) is 1. The molecule has 0 heterocycles. The first-order valence-corrected chi connectivity index (χ1v) is 7.06. The largest absolute Gasteiger partial charge is 0.399 e. The molecule has 1 atom stereocenters. The molecular formula is C15H23N3. The van der Waals surface area contributed by atoms with E-state index in [2.05, 4.69) is 29.4 Å². The molecule has 1 aromatic carbocycles. The number of rotatable bonds is 5. The van der Waals surface area contributed by atoms with Gasteiger partial charge < -0.3 is 16.0 Å². The maximum absolute atomic E-state index is 5.83. The van der Waals surface area contributed by atoms with Crippen molar-refractivity contribution < 1.29 is 0 Å². The maximum atomic E-state index is 5.83. The number of fused-ring (bicyclic) bond motifs is 1. The zero-order valence-electron chi connectivity index (χ0n) is 11.2. The molecule has 0 bridgehead atoms. The molecule has 0 amide bonds. The normalized spacial score (nSPS) is 22.4. The average molecular weight is 245 g/mol. The highest BCUT2D eigenvalue weighted by Gasteiger charge is 2.26. The van der Waals surface area contributed by atoms with E-state index in [1.807, 2.05) is 6.07 Å². The van der Waals surface area contributed by atoms with Crippen LogP contribution in [0.1, 0.15) is 36.4 Å². The van der Waals surface area contributed by atoms with Gasteiger partial charge in [0.05, 0.1) is 0 Å². The topological polar surface area (TPSA) is 41.3 Å². The molecular weight excluding hydrogens is 222 g/mol. The molecule has 3 rings (SSSR count). The molecule has 2 aliphatic rings. The second kappa shape index (κ2) is 4.90. The van der Waals surface area contributed by atoms with Crippen molar-refractivity contribution in [2.75, 3.05) is 25.9 Å². The van der Waals surface area contributed by atoms with Gasteiger partial charge in [-0.05, 0) is 56.0 Å². The van der Waals surface area contributed by atoms with Crippen LogP contribution in [0.3, 0.4) is 0 Å². The Hall–Kier alpha value is -1.06. The van der Waals surface area contributed by atoms with Crippen molar-refractivity contribution >= 4 is 5.69 Å². The summed E-state index contributed by atoms with van der Waals surface area (Å²) in [6.07, 6.45) is 5.16. The first-order valence-electron chi connectivity index (χ1n) is 7.06. The van der Waals surface area contributed by atoms with Gasteiger partial charge in [0.15, 0.2) is 0 Å². The monoisotopic (exact) mass is 245 g/mol. The van der Waals surface area contributed by atoms with Crippen LogP contribution in [0.15, 0.2) is 18.2 Å². The Morgan fingerprint density at radius 3 is 2.94 bits per heavy atom. The summed E-state index contributed by atoms with van der Waals surface area (Å²) >= 11 is 0. The number of benzene rings is 1. The first-order chi connectivity index (χ1) is 8.74. The van der Waals surface area contributed by atoms with E-state index in [0.29, 0.717) is 6.04 Å². The third-order valence-corrected chi connectivity index (χ3v) is 4.27. The number of nitrogens with one attached hydrogen (secondary N) is 1. The lowest BCUT2D eigenvalue weighted by Gasteiger charge is -2.19. The molecule has 0 saturated heterocycles. The molecule has 1 fully saturated rings. The predicted octanol–water partition coefficient (Wildman–Crippen LogP) is 1.94. The third kappa shape index (κ3) is 2.52. The molecule has 3 heteroatoms. The lowest BCUT2D eigenvalue weighted by atomic mass is 10.1. The predicted molar refractivity (Wildman–Crippen MR) is 75.6 cm³/mol. The van der Waals surface area contributed by atoms with Crippen LogP contribution in [-0.4, -0.2) is 31.1 Å². The second-order valence-electron chi connectivity index (χ2n) is 5.72. The fourth-order valence-corrected chi connectivity index (χ4v) is 2.96. The smallest absolute Gasteiger partial charge is 0.0326 e. The minimum Gasteiger partial charge on any atom is -0.399 e. The standard InChI is InChI=1S/C15H23N3/c1-18(13-4-5-13)9-8-17-15-7-2-11-10-12(16)3-6-14(11)15/h3,6,10,13,15,17H,2,4-5,7-9,16H2,1H3. The van der Waals surface area contributed by atoms with E-state index in [9.17, 15) is 0 Å². The van der Waals surface area contributed by atoms with Crippen LogP contribution in [0.5, 0.6) is 0 Å². The zero-order valence-corrected chi connectivity index (χ0v) is 11.2. The summed E-state index contributed by atoms with van der Waals surface area (Å²) in [5, 5.41) is 3.69. The molecule has 0 spiro atoms. The highest BCUT2D eigenvalue weighted by Crippen LogP contribution is 2.32. The van der Waals surface area contributed by atoms with Gasteiger partial charge in [0.25, 0.3) is 0 Å². The summed E-state index contributed by atoms with van der Waals surface area (Å²) in [7, 11) is 2.24. The SMILES string of the molecule is CN(CCNC1CCc2cc(N)ccc21)C1CC1. The molecule has 2 aliphatic carbocycles. The van der Waals surface area contributed by atoms with E-state index >= 15 is 0 Å². The van der Waals surface area contributed by atoms with Crippen LogP contribution in [0, 0.1) is 0 Å². The van der Waals surface area contributed by atoms with Gasteiger partial charge in [-0.15, -0.1) is 0 Å². The Morgan fingerprint density at radius 2 is 2.17 bits per heavy atom. The van der Waals surface area contributed by atoms with E-state index in [-0.39, 0.29) is 0 Å². The lowest BCUT2D eigenvalue weighted by molar-refractivity contribution is 0.314. The van der Waals surface area contributed by atoms with Crippen molar-refractivity contribution in [3.8, 4) is 0 Å². The van der Waals surface area contributed by atoms with Crippen molar-refractivity contribution in [2.45, 2.75) is 37.8 Å². The Morgan fingerprint density at radius 1 is 1.33 bits per heavy atom. The van der Waals surface area contributed by atoms with Gasteiger partial charge in [0.1, 0.15) is 0 Å². The summed E-state index contributed by atoms with van der Waals surface area (Å²) in [6.45, 7) is 2.24. The Labute approximate surface area is 109 Å². The van der Waals surface area contributed by atoms with E-state index in [4.69, 9.17) is 5.73 Å². The molecule has 3 N–H and O–H groups in total. The summed E-state index contributed by atoms with van der Waals surface area (Å²) < 4.78 is 0. The minimum atomic E-state index is 0.535. The Kier molecular flexibility index (Phi) is 3.27. The molecule has 1 unspecified atom stereocenters. The second-order valence-corrected chi connectivity index (χ2v) is 5.72. The highest BCUT2D eigenvalue weighted by atomic mass is 15.2. The van der Waals surface area contributed by atoms with Crippen molar-refractivity contribution in [3.05, 3.63) is 29.3 Å². The first kappa shape index (κ1) is 12.0. The average Bonchev–Trinajstić information content (AvgIpc) is 3.13. The lowest BCUT2D eigenvalue weighted by Crippen LogP contribution is -2.32. The van der Waals surface area contributed by atoms with Gasteiger partial charge in [-0.1, -0.05) is 6.07 Å². The van der Waals surface area contributed by atoms with E-state index in [1.54, 1.807) is 0 Å². The van der Waals surface area contributed by atoms with Gasteiger partial charge >= 0.3 is 0 Å². The van der Waals surface area contributed by atoms with Gasteiger partial charge in [-0.25, -0.2) is 0 Å². The highest BCUT2D eigenvalue weighted by molar-refractivity contribution is 5.47. The van der Waals surface area contributed by atoms with Crippen LogP contribution in [0.25, 0.3) is 0 Å². The van der Waals surface area contributed by atoms with Crippen LogP contribution in [0.2, 0.25) is 0 Å². The minimum absolute atomic E-state index is 0.535. The quantitative estimate of drug-likeness (QED) is 0.779. The molecule has 0 radical (unpaired) electrons. The Balaban J connectivity index is 1.52. The summed E-state index contributed by atoms with van der Waals surface area (Å²) in [5.74, 6) is 0. The summed E-state index contributed by atoms with van der Waals surface area (Å²) in [5.41, 5.74) is 9.61. The molecule has 1 aromatic rings. The number of hydrogen-bond acceptors (Lipinski definition) is 3. The Bertz CT molecular complexity index is 426. The molecule has 98 valence electrons. The van der Waals surface area contributed by atoms with Crippen molar-refractivity contribution in [2.24, 2.45) is 0 Å². The molecule has 1 saturated carbocycles. The van der Waals surface area contributed by atoms with E-state index in [0.717, 1.165) is 31.2 Å². The van der Waals surface area contributed by atoms with Gasteiger partial charge in [-0.3, -0.25) is 0 Å². The van der Waals surface area contributed by atoms with Crippen LogP contribution in [-0.2, 0) is 6.42 Å². The number of nitrogens with zero attached hydrogens (tertiary/aromatic N) is 1. The van der Waals surface area contributed by atoms with Crippen molar-refractivity contribution in [3.63, 3.8) is 0 Å². The number of likely N-dealkylation sites (N-methyl/N-ethyl adjacent to an activating group) is 1. The fraction of sp³-hybridized carbons (Fsp3) is 0.600. The van der Waals surface area contributed by atoms with Crippen LogP contribution >= 0.6 is 0 Å². The molecule has 0 aliphatic heterocycles. The van der Waals surface area contributed by atoms with Crippen molar-refractivity contribution in [1.82, 2.24) is 10.2 Å². The fourth-order valence-electron chi connectivity index (χ4n) is 2.96. The molecule has 18 heavy (non-hydrogen) atoms. The van der Waals surface area contributed by atoms with Gasteiger partial charge in [0.2, 0.25) is 0 Å². The van der Waals surface area contributed by atoms with Crippen LogP contribution in [0.4, 0.5) is 5.69 Å². The molecule has 3 nitrogen and oxygen atoms in total. The van der Waals surface area contributed by atoms with E-state index < -0.39 is 0 Å². The number of aryl methyl sites for hydroxylation is 1. The van der Waals surface area contributed by atoms with E-state index in [1.165, 1.54) is 30.4 Å². The number of anilines is 1. The third-order valence-electron chi connectivity index (χ3n) is 4.27. The molecule has 0 aromatic heterocycles. The maximum Gasteiger partial charge on any atom is 0.0326 e. The summed E-state index contributed by atoms with van der Waals surface area (Å²) in [4.78, 5) is 2.48. The summed E-state index contributed by atoms with van der Waals surface area (Å²) in [6, 6.07) is 7.75. The number of nitrogen functional groups attached to an aromatic ring is 1.